The normalized spacial score (nSPS) is 23.8. The number of sulfonamides is 1. The topological polar surface area (TPSA) is 57.7 Å². The van der Waals surface area contributed by atoms with Gasteiger partial charge in [0, 0.05) is 27.2 Å². The molecular formula is C9H18N2O3S. The zero-order chi connectivity index (χ0) is 11.6. The molecule has 0 bridgehead atoms. The molecule has 5 nitrogen and oxygen atoms in total. The fourth-order valence-corrected chi connectivity index (χ4v) is 2.72. The van der Waals surface area contributed by atoms with Gasteiger partial charge < -0.3 is 4.90 Å². The molecule has 1 atom stereocenters. The summed E-state index contributed by atoms with van der Waals surface area (Å²) >= 11 is 0. The molecule has 1 saturated heterocycles. The number of rotatable bonds is 2. The molecular weight excluding hydrogens is 216 g/mol. The van der Waals surface area contributed by atoms with Crippen LogP contribution >= 0.6 is 0 Å². The van der Waals surface area contributed by atoms with E-state index < -0.39 is 10.0 Å². The van der Waals surface area contributed by atoms with Gasteiger partial charge in [-0.1, -0.05) is 0 Å². The minimum Gasteiger partial charge on any atom is -0.349 e. The van der Waals surface area contributed by atoms with Gasteiger partial charge in [-0.25, -0.2) is 12.7 Å². The molecule has 0 unspecified atom stereocenters. The van der Waals surface area contributed by atoms with E-state index in [-0.39, 0.29) is 11.8 Å². The van der Waals surface area contributed by atoms with Gasteiger partial charge >= 0.3 is 0 Å². The van der Waals surface area contributed by atoms with E-state index in [9.17, 15) is 13.2 Å². The lowest BCUT2D eigenvalue weighted by molar-refractivity contribution is -0.134. The highest BCUT2D eigenvalue weighted by atomic mass is 32.2. The van der Waals surface area contributed by atoms with E-state index in [1.165, 1.54) is 15.5 Å². The fraction of sp³-hybridized carbons (Fsp3) is 0.889. The summed E-state index contributed by atoms with van der Waals surface area (Å²) in [6, 6.07) is 0. The maximum Gasteiger partial charge on any atom is 0.226 e. The van der Waals surface area contributed by atoms with Crippen LogP contribution in [0.3, 0.4) is 0 Å². The van der Waals surface area contributed by atoms with Crippen molar-refractivity contribution in [2.45, 2.75) is 12.8 Å². The highest BCUT2D eigenvalue weighted by molar-refractivity contribution is 7.88. The summed E-state index contributed by atoms with van der Waals surface area (Å²) in [5.41, 5.74) is 0. The van der Waals surface area contributed by atoms with Gasteiger partial charge in [0.05, 0.1) is 12.2 Å². The smallest absolute Gasteiger partial charge is 0.226 e. The van der Waals surface area contributed by atoms with Crippen molar-refractivity contribution in [1.29, 1.82) is 0 Å². The van der Waals surface area contributed by atoms with Crippen LogP contribution in [0.15, 0.2) is 0 Å². The molecule has 1 heterocycles. The van der Waals surface area contributed by atoms with Crippen LogP contribution in [-0.2, 0) is 14.8 Å². The quantitative estimate of drug-likeness (QED) is 0.662. The third kappa shape index (κ3) is 3.17. The van der Waals surface area contributed by atoms with Crippen LogP contribution in [0.1, 0.15) is 12.8 Å². The van der Waals surface area contributed by atoms with Gasteiger partial charge in [0.15, 0.2) is 0 Å². The second kappa shape index (κ2) is 4.49. The van der Waals surface area contributed by atoms with Crippen LogP contribution in [0.25, 0.3) is 0 Å². The molecule has 0 saturated carbocycles. The lowest BCUT2D eigenvalue weighted by Gasteiger charge is -2.31. The molecule has 0 N–H and O–H groups in total. The van der Waals surface area contributed by atoms with Gasteiger partial charge in [0.25, 0.3) is 0 Å². The van der Waals surface area contributed by atoms with E-state index in [0.29, 0.717) is 13.1 Å². The average molecular weight is 234 g/mol. The van der Waals surface area contributed by atoms with Gasteiger partial charge in [-0.15, -0.1) is 0 Å². The van der Waals surface area contributed by atoms with Crippen LogP contribution < -0.4 is 0 Å². The van der Waals surface area contributed by atoms with Gasteiger partial charge in [-0.3, -0.25) is 4.79 Å². The molecule has 88 valence electrons. The van der Waals surface area contributed by atoms with Gasteiger partial charge in [-0.05, 0) is 12.8 Å². The molecule has 1 aliphatic heterocycles. The van der Waals surface area contributed by atoms with Crippen molar-refractivity contribution in [2.75, 3.05) is 33.4 Å². The molecule has 15 heavy (non-hydrogen) atoms. The maximum atomic E-state index is 11.7. The highest BCUT2D eigenvalue weighted by Gasteiger charge is 2.30. The van der Waals surface area contributed by atoms with Gasteiger partial charge in [-0.2, -0.15) is 0 Å². The zero-order valence-electron chi connectivity index (χ0n) is 9.43. The van der Waals surface area contributed by atoms with Crippen LogP contribution in [-0.4, -0.2) is 57.0 Å². The summed E-state index contributed by atoms with van der Waals surface area (Å²) in [6.07, 6.45) is 2.73. The van der Waals surface area contributed by atoms with Crippen LogP contribution in [0, 0.1) is 5.92 Å². The first-order valence-corrected chi connectivity index (χ1v) is 6.83. The van der Waals surface area contributed by atoms with Crippen molar-refractivity contribution in [1.82, 2.24) is 9.21 Å². The second-order valence-electron chi connectivity index (χ2n) is 4.19. The van der Waals surface area contributed by atoms with E-state index in [1.54, 1.807) is 14.1 Å². The first kappa shape index (κ1) is 12.4. The van der Waals surface area contributed by atoms with Crippen molar-refractivity contribution in [3.8, 4) is 0 Å². The Morgan fingerprint density at radius 2 is 2.00 bits per heavy atom. The lowest BCUT2D eigenvalue weighted by atomic mass is 9.98. The number of hydrogen-bond donors (Lipinski definition) is 0. The first-order valence-electron chi connectivity index (χ1n) is 4.98. The first-order chi connectivity index (χ1) is 6.82. The molecule has 0 radical (unpaired) electrons. The largest absolute Gasteiger partial charge is 0.349 e. The standard InChI is InChI=1S/C9H18N2O3S/c1-10(2)9(12)8-5-4-6-11(7-8)15(3,13)14/h8H,4-7H2,1-3H3/t8-/m1/s1. The molecule has 0 aromatic rings. The van der Waals surface area contributed by atoms with Crippen molar-refractivity contribution in [3.63, 3.8) is 0 Å². The maximum absolute atomic E-state index is 11.7. The monoisotopic (exact) mass is 234 g/mol. The fourth-order valence-electron chi connectivity index (χ4n) is 1.81. The van der Waals surface area contributed by atoms with Crippen molar-refractivity contribution in [3.05, 3.63) is 0 Å². The summed E-state index contributed by atoms with van der Waals surface area (Å²) < 4.78 is 24.0. The van der Waals surface area contributed by atoms with Crippen LogP contribution in [0.5, 0.6) is 0 Å². The van der Waals surface area contributed by atoms with E-state index in [2.05, 4.69) is 0 Å². The number of piperidine rings is 1. The second-order valence-corrected chi connectivity index (χ2v) is 6.18. The summed E-state index contributed by atoms with van der Waals surface area (Å²) in [6.45, 7) is 0.867. The SMILES string of the molecule is CN(C)C(=O)[C@@H]1CCCN(S(C)(=O)=O)C1. The Labute approximate surface area is 91.1 Å². The third-order valence-corrected chi connectivity index (χ3v) is 3.91. The molecule has 0 aromatic heterocycles. The molecule has 1 amide bonds. The minimum atomic E-state index is -3.16. The number of amides is 1. The predicted molar refractivity (Wildman–Crippen MR) is 57.8 cm³/mol. The van der Waals surface area contributed by atoms with Crippen LogP contribution in [0.4, 0.5) is 0 Å². The Hall–Kier alpha value is -0.620. The van der Waals surface area contributed by atoms with Crippen molar-refractivity contribution >= 4 is 15.9 Å². The van der Waals surface area contributed by atoms with E-state index >= 15 is 0 Å². The summed E-state index contributed by atoms with van der Waals surface area (Å²) in [4.78, 5) is 13.2. The van der Waals surface area contributed by atoms with Crippen LogP contribution in [0.2, 0.25) is 0 Å². The predicted octanol–water partition coefficient (Wildman–Crippen LogP) is -0.254. The Morgan fingerprint density at radius 3 is 2.47 bits per heavy atom. The number of nitrogens with zero attached hydrogens (tertiary/aromatic N) is 2. The third-order valence-electron chi connectivity index (χ3n) is 2.64. The zero-order valence-corrected chi connectivity index (χ0v) is 10.2. The van der Waals surface area contributed by atoms with Gasteiger partial charge in [0.2, 0.25) is 15.9 Å². The Morgan fingerprint density at radius 1 is 1.40 bits per heavy atom. The summed E-state index contributed by atoms with van der Waals surface area (Å²) in [5.74, 6) is -0.160. The van der Waals surface area contributed by atoms with Crippen molar-refractivity contribution in [2.24, 2.45) is 5.92 Å². The van der Waals surface area contributed by atoms with Gasteiger partial charge in [0.1, 0.15) is 0 Å². The van der Waals surface area contributed by atoms with E-state index in [0.717, 1.165) is 12.8 Å². The number of hydrogen-bond acceptors (Lipinski definition) is 3. The molecule has 1 rings (SSSR count). The number of carbonyl (C=O) groups is 1. The molecule has 0 spiro atoms. The molecule has 0 aliphatic carbocycles. The molecule has 6 heteroatoms. The Bertz CT molecular complexity index is 337. The highest BCUT2D eigenvalue weighted by Crippen LogP contribution is 2.19. The Kier molecular flexibility index (Phi) is 3.72. The van der Waals surface area contributed by atoms with E-state index in [4.69, 9.17) is 0 Å². The summed E-state index contributed by atoms with van der Waals surface area (Å²) in [7, 11) is 0.237. The molecule has 1 fully saturated rings. The number of carbonyl (C=O) groups excluding carboxylic acids is 1. The lowest BCUT2D eigenvalue weighted by Crippen LogP contribution is -2.44. The Balaban J connectivity index is 2.69. The molecule has 1 aliphatic rings. The average Bonchev–Trinajstić information content (AvgIpc) is 2.15. The minimum absolute atomic E-state index is 0.0170. The van der Waals surface area contributed by atoms with E-state index in [1.807, 2.05) is 0 Å². The summed E-state index contributed by atoms with van der Waals surface area (Å²) in [5, 5.41) is 0. The van der Waals surface area contributed by atoms with Crippen molar-refractivity contribution < 1.29 is 13.2 Å². The molecule has 0 aromatic carbocycles.